The van der Waals surface area contributed by atoms with Crippen LogP contribution in [0.2, 0.25) is 0 Å². The first kappa shape index (κ1) is 10.2. The van der Waals surface area contributed by atoms with Crippen molar-refractivity contribution < 1.29 is 0 Å². The number of imidazole rings is 1. The van der Waals surface area contributed by atoms with Gasteiger partial charge in [0.2, 0.25) is 5.95 Å². The second-order valence-electron chi connectivity index (χ2n) is 4.48. The Morgan fingerprint density at radius 3 is 2.58 bits per heavy atom. The van der Waals surface area contributed by atoms with Crippen molar-refractivity contribution in [3.63, 3.8) is 0 Å². The van der Waals surface area contributed by atoms with Gasteiger partial charge in [-0.2, -0.15) is 0 Å². The molecule has 19 heavy (non-hydrogen) atoms. The number of fused-ring (bicyclic) bond motifs is 2. The summed E-state index contributed by atoms with van der Waals surface area (Å²) in [6.45, 7) is 0. The van der Waals surface area contributed by atoms with Gasteiger partial charge in [-0.3, -0.25) is 0 Å². The summed E-state index contributed by atoms with van der Waals surface area (Å²) < 4.78 is 0. The van der Waals surface area contributed by atoms with Gasteiger partial charge in [0, 0.05) is 17.1 Å². The molecule has 4 aromatic rings. The number of H-pyrrole nitrogens is 2. The van der Waals surface area contributed by atoms with Crippen LogP contribution in [0.5, 0.6) is 0 Å². The summed E-state index contributed by atoms with van der Waals surface area (Å²) in [5.41, 5.74) is 4.13. The summed E-state index contributed by atoms with van der Waals surface area (Å²) in [4.78, 5) is 11.0. The molecule has 0 atom stereocenters. The van der Waals surface area contributed by atoms with E-state index in [2.05, 4.69) is 32.4 Å². The van der Waals surface area contributed by atoms with E-state index in [-0.39, 0.29) is 0 Å². The minimum atomic E-state index is 0.756. The Morgan fingerprint density at radius 1 is 0.895 bits per heavy atom. The van der Waals surface area contributed by atoms with Crippen molar-refractivity contribution in [3.8, 4) is 0 Å². The Kier molecular flexibility index (Phi) is 2.08. The van der Waals surface area contributed by atoms with E-state index in [9.17, 15) is 0 Å². The highest BCUT2D eigenvalue weighted by Gasteiger charge is 2.06. The number of hydrogen-bond donors (Lipinski definition) is 3. The molecule has 0 radical (unpaired) electrons. The summed E-state index contributed by atoms with van der Waals surface area (Å²) in [5.74, 6) is 0.756. The lowest BCUT2D eigenvalue weighted by atomic mass is 10.2. The molecule has 4 rings (SSSR count). The maximum Gasteiger partial charge on any atom is 0.205 e. The van der Waals surface area contributed by atoms with Crippen molar-refractivity contribution in [1.82, 2.24) is 15.0 Å². The molecular formula is C15H12N4. The first-order chi connectivity index (χ1) is 9.40. The fourth-order valence-electron chi connectivity index (χ4n) is 2.31. The molecule has 92 valence electrons. The molecule has 0 saturated carbocycles. The topological polar surface area (TPSA) is 56.5 Å². The maximum absolute atomic E-state index is 4.51. The molecule has 0 amide bonds. The van der Waals surface area contributed by atoms with Gasteiger partial charge >= 0.3 is 0 Å². The largest absolute Gasteiger partial charge is 0.359 e. The third kappa shape index (κ3) is 1.65. The van der Waals surface area contributed by atoms with E-state index in [1.165, 1.54) is 0 Å². The average Bonchev–Trinajstić information content (AvgIpc) is 3.03. The molecule has 0 spiro atoms. The SMILES string of the molecule is c1ccc2[nH]c(Nc3c[nH]c4ccccc34)nc2c1. The van der Waals surface area contributed by atoms with Gasteiger partial charge in [0.25, 0.3) is 0 Å². The number of nitrogens with one attached hydrogen (secondary N) is 3. The zero-order chi connectivity index (χ0) is 12.7. The average molecular weight is 248 g/mol. The molecule has 2 aromatic heterocycles. The lowest BCUT2D eigenvalue weighted by Crippen LogP contribution is -1.90. The highest BCUT2D eigenvalue weighted by Crippen LogP contribution is 2.25. The van der Waals surface area contributed by atoms with Gasteiger partial charge in [0.15, 0.2) is 0 Å². The van der Waals surface area contributed by atoms with Crippen LogP contribution in [0, 0.1) is 0 Å². The van der Waals surface area contributed by atoms with Gasteiger partial charge in [0.05, 0.1) is 16.7 Å². The van der Waals surface area contributed by atoms with E-state index in [1.54, 1.807) is 0 Å². The second kappa shape index (κ2) is 3.88. The number of anilines is 2. The molecule has 3 N–H and O–H groups in total. The van der Waals surface area contributed by atoms with Gasteiger partial charge < -0.3 is 15.3 Å². The standard InChI is InChI=1S/C15H12N4/c1-2-6-11-10(5-1)14(9-16-11)19-15-17-12-7-3-4-8-13(12)18-15/h1-9,16H,(H2,17,18,19). The van der Waals surface area contributed by atoms with Crippen molar-refractivity contribution in [2.45, 2.75) is 0 Å². The minimum absolute atomic E-state index is 0.756. The van der Waals surface area contributed by atoms with E-state index in [0.717, 1.165) is 33.6 Å². The zero-order valence-corrected chi connectivity index (χ0v) is 10.1. The van der Waals surface area contributed by atoms with Gasteiger partial charge in [0.1, 0.15) is 0 Å². The summed E-state index contributed by atoms with van der Waals surface area (Å²) in [6, 6.07) is 16.2. The van der Waals surface area contributed by atoms with Crippen LogP contribution in [0.1, 0.15) is 0 Å². The minimum Gasteiger partial charge on any atom is -0.359 e. The van der Waals surface area contributed by atoms with Crippen LogP contribution in [0.4, 0.5) is 11.6 Å². The Morgan fingerprint density at radius 2 is 1.68 bits per heavy atom. The molecule has 0 unspecified atom stereocenters. The molecule has 2 aromatic carbocycles. The van der Waals surface area contributed by atoms with E-state index >= 15 is 0 Å². The van der Waals surface area contributed by atoms with E-state index < -0.39 is 0 Å². The van der Waals surface area contributed by atoms with E-state index in [1.807, 2.05) is 42.6 Å². The predicted molar refractivity (Wildman–Crippen MR) is 77.7 cm³/mol. The molecule has 4 nitrogen and oxygen atoms in total. The highest BCUT2D eigenvalue weighted by atomic mass is 15.1. The van der Waals surface area contributed by atoms with Crippen molar-refractivity contribution in [2.24, 2.45) is 0 Å². The third-order valence-electron chi connectivity index (χ3n) is 3.23. The molecule has 0 bridgehead atoms. The van der Waals surface area contributed by atoms with Crippen LogP contribution in [-0.2, 0) is 0 Å². The Bertz CT molecular complexity index is 823. The number of aromatic nitrogens is 3. The van der Waals surface area contributed by atoms with Crippen LogP contribution < -0.4 is 5.32 Å². The van der Waals surface area contributed by atoms with Crippen LogP contribution in [0.15, 0.2) is 54.7 Å². The van der Waals surface area contributed by atoms with Gasteiger partial charge in [-0.05, 0) is 18.2 Å². The molecule has 0 saturated heterocycles. The summed E-state index contributed by atoms with van der Waals surface area (Å²) in [5, 5.41) is 4.47. The number of benzene rings is 2. The molecule has 4 heteroatoms. The number of hydrogen-bond acceptors (Lipinski definition) is 2. The molecule has 2 heterocycles. The Balaban J connectivity index is 1.78. The van der Waals surface area contributed by atoms with Gasteiger partial charge in [-0.1, -0.05) is 30.3 Å². The molecule has 0 fully saturated rings. The first-order valence-corrected chi connectivity index (χ1v) is 6.18. The van der Waals surface area contributed by atoms with Gasteiger partial charge in [-0.25, -0.2) is 4.98 Å². The van der Waals surface area contributed by atoms with E-state index in [4.69, 9.17) is 0 Å². The lowest BCUT2D eigenvalue weighted by molar-refractivity contribution is 1.31. The van der Waals surface area contributed by atoms with Crippen molar-refractivity contribution in [1.29, 1.82) is 0 Å². The maximum atomic E-state index is 4.51. The quantitative estimate of drug-likeness (QED) is 0.505. The second-order valence-corrected chi connectivity index (χ2v) is 4.48. The molecule has 0 aliphatic heterocycles. The predicted octanol–water partition coefficient (Wildman–Crippen LogP) is 3.79. The normalized spacial score (nSPS) is 11.2. The van der Waals surface area contributed by atoms with Crippen molar-refractivity contribution in [3.05, 3.63) is 54.7 Å². The van der Waals surface area contributed by atoms with Crippen LogP contribution in [-0.4, -0.2) is 15.0 Å². The molecule has 0 aliphatic rings. The zero-order valence-electron chi connectivity index (χ0n) is 10.1. The first-order valence-electron chi connectivity index (χ1n) is 6.18. The van der Waals surface area contributed by atoms with Crippen LogP contribution >= 0.6 is 0 Å². The van der Waals surface area contributed by atoms with Crippen molar-refractivity contribution >= 4 is 33.6 Å². The monoisotopic (exact) mass is 248 g/mol. The van der Waals surface area contributed by atoms with Crippen LogP contribution in [0.25, 0.3) is 21.9 Å². The molecule has 0 aliphatic carbocycles. The summed E-state index contributed by atoms with van der Waals surface area (Å²) in [6.07, 6.45) is 1.96. The highest BCUT2D eigenvalue weighted by molar-refractivity contribution is 5.94. The summed E-state index contributed by atoms with van der Waals surface area (Å²) >= 11 is 0. The fraction of sp³-hybridized carbons (Fsp3) is 0. The number of para-hydroxylation sites is 3. The molecular weight excluding hydrogens is 236 g/mol. The smallest absolute Gasteiger partial charge is 0.205 e. The lowest BCUT2D eigenvalue weighted by Gasteiger charge is -1.99. The third-order valence-corrected chi connectivity index (χ3v) is 3.23. The van der Waals surface area contributed by atoms with Crippen molar-refractivity contribution in [2.75, 3.05) is 5.32 Å². The number of aromatic amines is 2. The number of rotatable bonds is 2. The van der Waals surface area contributed by atoms with E-state index in [0.29, 0.717) is 0 Å². The fourth-order valence-corrected chi connectivity index (χ4v) is 2.31. The van der Waals surface area contributed by atoms with Gasteiger partial charge in [-0.15, -0.1) is 0 Å². The Hall–Kier alpha value is -2.75. The van der Waals surface area contributed by atoms with Crippen LogP contribution in [0.3, 0.4) is 0 Å². The summed E-state index contributed by atoms with van der Waals surface area (Å²) in [7, 11) is 0. The Labute approximate surface area is 109 Å². The number of nitrogens with zero attached hydrogens (tertiary/aromatic N) is 1.